The molecule has 7 rings (SSSR count). The van der Waals surface area contributed by atoms with Crippen LogP contribution in [0.3, 0.4) is 0 Å². The molecule has 1 aliphatic carbocycles. The SMILES string of the molecule is C=C(/C=C\C(=C)n1c2ccccc2c2ccccc21)C1=CC=C(n2c3ccccc3c3ccccc32)CC1. The van der Waals surface area contributed by atoms with E-state index in [1.54, 1.807) is 0 Å². The monoisotopic (exact) mass is 488 g/mol. The largest absolute Gasteiger partial charge is 0.313 e. The number of aromatic nitrogens is 2. The van der Waals surface area contributed by atoms with Crippen LogP contribution < -0.4 is 0 Å². The highest BCUT2D eigenvalue weighted by Crippen LogP contribution is 2.36. The molecule has 6 aromatic rings. The highest BCUT2D eigenvalue weighted by atomic mass is 15.0. The molecule has 0 fully saturated rings. The van der Waals surface area contributed by atoms with E-state index in [9.17, 15) is 0 Å². The van der Waals surface area contributed by atoms with E-state index in [0.717, 1.165) is 24.1 Å². The van der Waals surface area contributed by atoms with E-state index in [4.69, 9.17) is 0 Å². The molecule has 2 nitrogen and oxygen atoms in total. The van der Waals surface area contributed by atoms with Gasteiger partial charge in [-0.3, -0.25) is 0 Å². The Labute approximate surface area is 222 Å². The third-order valence-corrected chi connectivity index (χ3v) is 7.75. The minimum absolute atomic E-state index is 0.932. The number of rotatable bonds is 5. The van der Waals surface area contributed by atoms with Crippen molar-refractivity contribution in [1.82, 2.24) is 9.13 Å². The zero-order chi connectivity index (χ0) is 25.6. The zero-order valence-corrected chi connectivity index (χ0v) is 21.3. The van der Waals surface area contributed by atoms with Gasteiger partial charge in [0.05, 0.1) is 22.1 Å². The van der Waals surface area contributed by atoms with Crippen molar-refractivity contribution in [3.63, 3.8) is 0 Å². The van der Waals surface area contributed by atoms with Crippen LogP contribution in [0, 0.1) is 0 Å². The highest BCUT2D eigenvalue weighted by molar-refractivity contribution is 6.11. The van der Waals surface area contributed by atoms with Crippen molar-refractivity contribution < 1.29 is 0 Å². The van der Waals surface area contributed by atoms with Crippen molar-refractivity contribution in [2.75, 3.05) is 0 Å². The number of allylic oxidation sites excluding steroid dienone is 8. The Hall–Kier alpha value is -4.82. The normalized spacial score (nSPS) is 14.0. The van der Waals surface area contributed by atoms with E-state index < -0.39 is 0 Å². The van der Waals surface area contributed by atoms with Gasteiger partial charge < -0.3 is 9.13 Å². The van der Waals surface area contributed by atoms with Crippen LogP contribution in [0.2, 0.25) is 0 Å². The van der Waals surface area contributed by atoms with Crippen LogP contribution in [0.4, 0.5) is 0 Å². The van der Waals surface area contributed by atoms with Crippen LogP contribution in [-0.4, -0.2) is 9.13 Å². The Morgan fingerprint density at radius 2 is 1.03 bits per heavy atom. The molecule has 0 saturated heterocycles. The second-order valence-corrected chi connectivity index (χ2v) is 9.94. The van der Waals surface area contributed by atoms with E-state index in [1.165, 1.54) is 54.9 Å². The average molecular weight is 489 g/mol. The van der Waals surface area contributed by atoms with Crippen LogP contribution >= 0.6 is 0 Å². The van der Waals surface area contributed by atoms with Crippen LogP contribution in [0.5, 0.6) is 0 Å². The Kier molecular flexibility index (Phi) is 5.26. The maximum atomic E-state index is 4.42. The smallest absolute Gasteiger partial charge is 0.0540 e. The molecule has 0 radical (unpaired) electrons. The molecule has 1 aliphatic rings. The lowest BCUT2D eigenvalue weighted by molar-refractivity contribution is 0.940. The fourth-order valence-electron chi connectivity index (χ4n) is 5.92. The first-order valence-electron chi connectivity index (χ1n) is 13.1. The van der Waals surface area contributed by atoms with Gasteiger partial charge in [0.2, 0.25) is 0 Å². The average Bonchev–Trinajstić information content (AvgIpc) is 3.49. The van der Waals surface area contributed by atoms with Crippen molar-refractivity contribution in [2.24, 2.45) is 0 Å². The maximum absolute atomic E-state index is 4.42. The predicted molar refractivity (Wildman–Crippen MR) is 164 cm³/mol. The molecule has 38 heavy (non-hydrogen) atoms. The molecule has 0 N–H and O–H groups in total. The van der Waals surface area contributed by atoms with E-state index >= 15 is 0 Å². The molecule has 0 saturated carbocycles. The summed E-state index contributed by atoms with van der Waals surface area (Å²) in [7, 11) is 0. The summed E-state index contributed by atoms with van der Waals surface area (Å²) < 4.78 is 4.66. The van der Waals surface area contributed by atoms with E-state index in [1.807, 2.05) is 0 Å². The summed E-state index contributed by atoms with van der Waals surface area (Å²) in [5, 5.41) is 5.09. The minimum Gasteiger partial charge on any atom is -0.313 e. The maximum Gasteiger partial charge on any atom is 0.0540 e. The number of hydrogen-bond acceptors (Lipinski definition) is 0. The number of benzene rings is 4. The van der Waals surface area contributed by atoms with Crippen molar-refractivity contribution in [1.29, 1.82) is 0 Å². The first-order valence-corrected chi connectivity index (χ1v) is 13.1. The fraction of sp³-hybridized carbons (Fsp3) is 0.0556. The van der Waals surface area contributed by atoms with Gasteiger partial charge in [-0.2, -0.15) is 0 Å². The summed E-state index contributed by atoms with van der Waals surface area (Å²) in [5.41, 5.74) is 9.41. The van der Waals surface area contributed by atoms with Crippen molar-refractivity contribution in [3.8, 4) is 0 Å². The Bertz CT molecular complexity index is 1900. The van der Waals surface area contributed by atoms with E-state index in [2.05, 4.69) is 144 Å². The lowest BCUT2D eigenvalue weighted by Crippen LogP contribution is -2.02. The molecule has 0 amide bonds. The number of fused-ring (bicyclic) bond motifs is 6. The Morgan fingerprint density at radius 1 is 0.553 bits per heavy atom. The molecular formula is C36H28N2. The van der Waals surface area contributed by atoms with Crippen molar-refractivity contribution in [2.45, 2.75) is 12.8 Å². The van der Waals surface area contributed by atoms with Crippen LogP contribution in [0.25, 0.3) is 55.0 Å². The number of para-hydroxylation sites is 4. The van der Waals surface area contributed by atoms with Gasteiger partial charge in [-0.15, -0.1) is 0 Å². The third-order valence-electron chi connectivity index (χ3n) is 7.75. The Morgan fingerprint density at radius 3 is 1.53 bits per heavy atom. The lowest BCUT2D eigenvalue weighted by Gasteiger charge is -2.18. The summed E-state index contributed by atoms with van der Waals surface area (Å²) in [6.07, 6.45) is 10.6. The number of nitrogens with zero attached hydrogens (tertiary/aromatic N) is 2. The molecular weight excluding hydrogens is 460 g/mol. The minimum atomic E-state index is 0.932. The van der Waals surface area contributed by atoms with Gasteiger partial charge in [0, 0.05) is 32.9 Å². The molecule has 0 aliphatic heterocycles. The first kappa shape index (κ1) is 22.4. The second kappa shape index (κ2) is 8.93. The highest BCUT2D eigenvalue weighted by Gasteiger charge is 2.16. The summed E-state index contributed by atoms with van der Waals surface area (Å²) in [4.78, 5) is 0. The van der Waals surface area contributed by atoms with Gasteiger partial charge in [0.15, 0.2) is 0 Å². The van der Waals surface area contributed by atoms with Crippen LogP contribution in [0.15, 0.2) is 146 Å². The number of hydrogen-bond donors (Lipinski definition) is 0. The van der Waals surface area contributed by atoms with Crippen LogP contribution in [0.1, 0.15) is 12.8 Å². The summed E-state index contributed by atoms with van der Waals surface area (Å²) in [5.74, 6) is 0. The van der Waals surface area contributed by atoms with Gasteiger partial charge in [-0.05, 0) is 60.4 Å². The molecule has 2 aromatic heterocycles. The molecule has 0 bridgehead atoms. The second-order valence-electron chi connectivity index (χ2n) is 9.94. The molecule has 2 heterocycles. The van der Waals surface area contributed by atoms with Crippen LogP contribution in [-0.2, 0) is 0 Å². The standard InChI is InChI=1S/C36H28N2/c1-25(19-20-26(2)37-33-15-7-3-11-29(33)30-12-4-8-16-34(30)37)27-21-23-28(24-22-27)38-35-17-9-5-13-31(35)32-14-6-10-18-36(32)38/h3-21,23H,1-2,22,24H2/b20-19-. The zero-order valence-electron chi connectivity index (χ0n) is 21.3. The molecule has 0 spiro atoms. The quantitative estimate of drug-likeness (QED) is 0.214. The van der Waals surface area contributed by atoms with Gasteiger partial charge in [0.1, 0.15) is 0 Å². The van der Waals surface area contributed by atoms with Crippen molar-refractivity contribution >= 4 is 55.0 Å². The van der Waals surface area contributed by atoms with E-state index in [0.29, 0.717) is 0 Å². The Balaban J connectivity index is 1.20. The predicted octanol–water partition coefficient (Wildman–Crippen LogP) is 9.75. The molecule has 182 valence electrons. The topological polar surface area (TPSA) is 9.86 Å². The molecule has 0 atom stereocenters. The summed E-state index contributed by atoms with van der Waals surface area (Å²) in [6.45, 7) is 8.82. The lowest BCUT2D eigenvalue weighted by atomic mass is 9.96. The first-order chi connectivity index (χ1) is 18.7. The molecule has 4 aromatic carbocycles. The van der Waals surface area contributed by atoms with Gasteiger partial charge in [-0.1, -0.05) is 98.1 Å². The summed E-state index contributed by atoms with van der Waals surface area (Å²) in [6, 6.07) is 34.4. The third kappa shape index (κ3) is 3.49. The van der Waals surface area contributed by atoms with Gasteiger partial charge in [-0.25, -0.2) is 0 Å². The van der Waals surface area contributed by atoms with Gasteiger partial charge >= 0.3 is 0 Å². The molecule has 0 unspecified atom stereocenters. The summed E-state index contributed by atoms with van der Waals surface area (Å²) >= 11 is 0. The van der Waals surface area contributed by atoms with Crippen molar-refractivity contribution in [3.05, 3.63) is 146 Å². The fourth-order valence-corrected chi connectivity index (χ4v) is 5.92. The van der Waals surface area contributed by atoms with E-state index in [-0.39, 0.29) is 0 Å². The molecule has 2 heteroatoms. The van der Waals surface area contributed by atoms with Gasteiger partial charge in [0.25, 0.3) is 0 Å².